The number of hydrogen-bond donors (Lipinski definition) is 1. The van der Waals surface area contributed by atoms with Crippen LogP contribution in [-0.4, -0.2) is 26.8 Å². The molecule has 17 heavy (non-hydrogen) atoms. The molecule has 2 rings (SSSR count). The largest absolute Gasteiger partial charge is 0.317 e. The summed E-state index contributed by atoms with van der Waals surface area (Å²) in [6.07, 6.45) is 1.44. The maximum atomic E-state index is 12.4. The number of sulfone groups is 1. The van der Waals surface area contributed by atoms with Gasteiger partial charge in [0.1, 0.15) is 0 Å². The van der Waals surface area contributed by atoms with Crippen LogP contribution in [0.5, 0.6) is 0 Å². The van der Waals surface area contributed by atoms with Crippen molar-refractivity contribution in [1.82, 2.24) is 5.32 Å². The van der Waals surface area contributed by atoms with E-state index in [4.69, 9.17) is 0 Å². The summed E-state index contributed by atoms with van der Waals surface area (Å²) in [6.45, 7) is 5.55. The predicted octanol–water partition coefficient (Wildman–Crippen LogP) is 1.83. The Kier molecular flexibility index (Phi) is 3.54. The van der Waals surface area contributed by atoms with E-state index in [1.165, 1.54) is 0 Å². The van der Waals surface area contributed by atoms with E-state index in [0.29, 0.717) is 4.90 Å². The minimum atomic E-state index is -3.14. The number of benzene rings is 1. The average Bonchev–Trinajstić information content (AvgIpc) is 2.33. The molecule has 0 saturated carbocycles. The summed E-state index contributed by atoms with van der Waals surface area (Å²) >= 11 is 0. The molecule has 0 aliphatic carbocycles. The average molecular weight is 253 g/mol. The van der Waals surface area contributed by atoms with E-state index < -0.39 is 9.84 Å². The van der Waals surface area contributed by atoms with Crippen LogP contribution in [0.25, 0.3) is 0 Å². The monoisotopic (exact) mass is 253 g/mol. The minimum absolute atomic E-state index is 0.217. The molecule has 0 aromatic heterocycles. The molecule has 94 valence electrons. The van der Waals surface area contributed by atoms with Gasteiger partial charge in [-0.25, -0.2) is 8.42 Å². The molecule has 0 bridgehead atoms. The van der Waals surface area contributed by atoms with Gasteiger partial charge in [0.15, 0.2) is 9.84 Å². The van der Waals surface area contributed by atoms with Gasteiger partial charge in [0.25, 0.3) is 0 Å². The first-order chi connectivity index (χ1) is 8.01. The van der Waals surface area contributed by atoms with Gasteiger partial charge in [0, 0.05) is 0 Å². The molecule has 0 radical (unpaired) electrons. The Morgan fingerprint density at radius 3 is 2.35 bits per heavy atom. The zero-order chi connectivity index (χ0) is 12.5. The summed E-state index contributed by atoms with van der Waals surface area (Å²) in [7, 11) is -3.14. The molecule has 1 fully saturated rings. The topological polar surface area (TPSA) is 46.2 Å². The van der Waals surface area contributed by atoms with Crippen molar-refractivity contribution in [2.75, 3.05) is 13.1 Å². The molecule has 1 saturated heterocycles. The van der Waals surface area contributed by atoms with E-state index >= 15 is 0 Å². The Bertz CT molecular complexity index is 502. The molecule has 0 amide bonds. The molecular formula is C13H19NO2S. The van der Waals surface area contributed by atoms with Crippen LogP contribution < -0.4 is 5.32 Å². The molecule has 1 N–H and O–H groups in total. The number of hydrogen-bond acceptors (Lipinski definition) is 3. The Morgan fingerprint density at radius 1 is 1.12 bits per heavy atom. The highest BCUT2D eigenvalue weighted by atomic mass is 32.2. The van der Waals surface area contributed by atoms with Crippen molar-refractivity contribution in [2.24, 2.45) is 0 Å². The zero-order valence-corrected chi connectivity index (χ0v) is 11.2. The van der Waals surface area contributed by atoms with E-state index in [1.54, 1.807) is 12.1 Å². The van der Waals surface area contributed by atoms with Crippen molar-refractivity contribution < 1.29 is 8.42 Å². The van der Waals surface area contributed by atoms with Crippen molar-refractivity contribution in [1.29, 1.82) is 0 Å². The lowest BCUT2D eigenvalue weighted by Gasteiger charge is -2.23. The zero-order valence-electron chi connectivity index (χ0n) is 10.4. The van der Waals surface area contributed by atoms with Crippen LogP contribution in [0.1, 0.15) is 24.0 Å². The molecule has 1 aromatic carbocycles. The van der Waals surface area contributed by atoms with E-state index in [2.05, 4.69) is 5.32 Å². The van der Waals surface area contributed by atoms with Crippen LogP contribution in [0, 0.1) is 13.8 Å². The second kappa shape index (κ2) is 4.78. The second-order valence-corrected chi connectivity index (χ2v) is 6.97. The molecule has 1 aliphatic heterocycles. The van der Waals surface area contributed by atoms with Crippen molar-refractivity contribution in [3.05, 3.63) is 29.3 Å². The molecule has 1 aromatic rings. The smallest absolute Gasteiger partial charge is 0.181 e. The van der Waals surface area contributed by atoms with E-state index in [-0.39, 0.29) is 5.25 Å². The van der Waals surface area contributed by atoms with Crippen LogP contribution in [0.15, 0.2) is 23.1 Å². The van der Waals surface area contributed by atoms with Crippen LogP contribution in [0.2, 0.25) is 0 Å². The second-order valence-electron chi connectivity index (χ2n) is 4.74. The quantitative estimate of drug-likeness (QED) is 0.874. The van der Waals surface area contributed by atoms with Gasteiger partial charge in [-0.05, 0) is 63.0 Å². The van der Waals surface area contributed by atoms with Gasteiger partial charge in [-0.1, -0.05) is 6.07 Å². The van der Waals surface area contributed by atoms with Gasteiger partial charge in [0.2, 0.25) is 0 Å². The Hall–Kier alpha value is -0.870. The molecule has 3 nitrogen and oxygen atoms in total. The predicted molar refractivity (Wildman–Crippen MR) is 69.0 cm³/mol. The molecule has 1 aliphatic rings. The van der Waals surface area contributed by atoms with Crippen LogP contribution >= 0.6 is 0 Å². The third kappa shape index (κ3) is 2.53. The SMILES string of the molecule is Cc1ccc(S(=O)(=O)C2CCNCC2)cc1C. The van der Waals surface area contributed by atoms with Crippen molar-refractivity contribution in [3.8, 4) is 0 Å². The number of rotatable bonds is 2. The molecular weight excluding hydrogens is 234 g/mol. The Morgan fingerprint density at radius 2 is 1.76 bits per heavy atom. The van der Waals surface area contributed by atoms with E-state index in [1.807, 2.05) is 19.9 Å². The Balaban J connectivity index is 2.33. The molecule has 0 spiro atoms. The van der Waals surface area contributed by atoms with Crippen LogP contribution in [-0.2, 0) is 9.84 Å². The molecule has 0 unspecified atom stereocenters. The lowest BCUT2D eigenvalue weighted by atomic mass is 10.1. The third-order valence-corrected chi connectivity index (χ3v) is 5.79. The minimum Gasteiger partial charge on any atom is -0.317 e. The van der Waals surface area contributed by atoms with Gasteiger partial charge < -0.3 is 5.32 Å². The normalized spacial score (nSPS) is 18.2. The van der Waals surface area contributed by atoms with Crippen molar-refractivity contribution in [3.63, 3.8) is 0 Å². The fourth-order valence-corrected chi connectivity index (χ4v) is 4.03. The van der Waals surface area contributed by atoms with E-state index in [9.17, 15) is 8.42 Å². The fraction of sp³-hybridized carbons (Fsp3) is 0.538. The van der Waals surface area contributed by atoms with Gasteiger partial charge in [-0.2, -0.15) is 0 Å². The molecule has 0 atom stereocenters. The summed E-state index contributed by atoms with van der Waals surface area (Å²) in [5.41, 5.74) is 2.18. The molecule has 1 heterocycles. The van der Waals surface area contributed by atoms with Gasteiger partial charge in [-0.15, -0.1) is 0 Å². The summed E-state index contributed by atoms with van der Waals surface area (Å²) in [5.74, 6) is 0. The van der Waals surface area contributed by atoms with Gasteiger partial charge >= 0.3 is 0 Å². The number of aryl methyl sites for hydroxylation is 2. The van der Waals surface area contributed by atoms with E-state index in [0.717, 1.165) is 37.1 Å². The highest BCUT2D eigenvalue weighted by molar-refractivity contribution is 7.92. The number of piperidine rings is 1. The van der Waals surface area contributed by atoms with Gasteiger partial charge in [-0.3, -0.25) is 0 Å². The number of nitrogens with one attached hydrogen (secondary N) is 1. The highest BCUT2D eigenvalue weighted by Crippen LogP contribution is 2.23. The standard InChI is InChI=1S/C13H19NO2S/c1-10-3-4-13(9-11(10)2)17(15,16)12-5-7-14-8-6-12/h3-4,9,12,14H,5-8H2,1-2H3. The van der Waals surface area contributed by atoms with Gasteiger partial charge in [0.05, 0.1) is 10.1 Å². The molecule has 4 heteroatoms. The maximum Gasteiger partial charge on any atom is 0.181 e. The van der Waals surface area contributed by atoms with Crippen LogP contribution in [0.4, 0.5) is 0 Å². The van der Waals surface area contributed by atoms with Crippen molar-refractivity contribution in [2.45, 2.75) is 36.8 Å². The Labute approximate surface area is 103 Å². The summed E-state index contributed by atoms with van der Waals surface area (Å²) < 4.78 is 24.8. The first kappa shape index (κ1) is 12.6. The first-order valence-electron chi connectivity index (χ1n) is 6.03. The summed E-state index contributed by atoms with van der Waals surface area (Å²) in [4.78, 5) is 0.479. The first-order valence-corrected chi connectivity index (χ1v) is 7.58. The lowest BCUT2D eigenvalue weighted by Crippen LogP contribution is -2.35. The van der Waals surface area contributed by atoms with Crippen LogP contribution in [0.3, 0.4) is 0 Å². The summed E-state index contributed by atoms with van der Waals surface area (Å²) in [6, 6.07) is 5.43. The van der Waals surface area contributed by atoms with Crippen molar-refractivity contribution >= 4 is 9.84 Å². The third-order valence-electron chi connectivity index (χ3n) is 3.53. The fourth-order valence-electron chi connectivity index (χ4n) is 2.19. The highest BCUT2D eigenvalue weighted by Gasteiger charge is 2.28. The summed E-state index contributed by atoms with van der Waals surface area (Å²) in [5, 5.41) is 2.98. The maximum absolute atomic E-state index is 12.4. The lowest BCUT2D eigenvalue weighted by molar-refractivity contribution is 0.496.